The van der Waals surface area contributed by atoms with Crippen LogP contribution >= 0.6 is 23.4 Å². The van der Waals surface area contributed by atoms with Crippen LogP contribution in [0, 0.1) is 6.92 Å². The van der Waals surface area contributed by atoms with Gasteiger partial charge in [0, 0.05) is 23.5 Å². The van der Waals surface area contributed by atoms with Crippen molar-refractivity contribution < 1.29 is 9.47 Å². The molecule has 3 rings (SSSR count). The second-order valence-electron chi connectivity index (χ2n) is 6.21. The van der Waals surface area contributed by atoms with Gasteiger partial charge in [0.1, 0.15) is 0 Å². The third-order valence-corrected chi connectivity index (χ3v) is 5.87. The number of hydrogen-bond donors (Lipinski definition) is 1. The minimum atomic E-state index is -0.269. The van der Waals surface area contributed by atoms with E-state index in [0.29, 0.717) is 27.4 Å². The summed E-state index contributed by atoms with van der Waals surface area (Å²) >= 11 is 7.55. The molecule has 1 heterocycles. The van der Waals surface area contributed by atoms with E-state index in [1.807, 2.05) is 37.3 Å². The number of aromatic nitrogens is 3. The van der Waals surface area contributed by atoms with E-state index in [4.69, 9.17) is 21.1 Å². The Kier molecular flexibility index (Phi) is 6.66. The molecule has 1 aromatic heterocycles. The first-order valence-corrected chi connectivity index (χ1v) is 10.1. The zero-order valence-electron chi connectivity index (χ0n) is 16.5. The lowest BCUT2D eigenvalue weighted by Crippen LogP contribution is -2.24. The van der Waals surface area contributed by atoms with Gasteiger partial charge >= 0.3 is 0 Å². The van der Waals surface area contributed by atoms with Crippen LogP contribution in [0.4, 0.5) is 11.5 Å². The Morgan fingerprint density at radius 3 is 2.62 bits per heavy atom. The van der Waals surface area contributed by atoms with Crippen LogP contribution in [0.5, 0.6) is 11.5 Å². The fraction of sp³-hybridized carbons (Fsp3) is 0.250. The Bertz CT molecular complexity index is 1090. The van der Waals surface area contributed by atoms with Gasteiger partial charge in [-0.2, -0.15) is 0 Å². The maximum absolute atomic E-state index is 12.7. The quantitative estimate of drug-likeness (QED) is 0.561. The van der Waals surface area contributed by atoms with E-state index in [0.717, 1.165) is 16.8 Å². The van der Waals surface area contributed by atoms with Gasteiger partial charge in [-0.25, -0.2) is 0 Å². The molecule has 29 heavy (non-hydrogen) atoms. The maximum atomic E-state index is 12.7. The van der Waals surface area contributed by atoms with Gasteiger partial charge < -0.3 is 14.8 Å². The van der Waals surface area contributed by atoms with Crippen LogP contribution < -0.4 is 20.3 Å². The minimum Gasteiger partial charge on any atom is -0.493 e. The van der Waals surface area contributed by atoms with Crippen LogP contribution in [-0.2, 0) is 12.8 Å². The van der Waals surface area contributed by atoms with Crippen LogP contribution in [-0.4, -0.2) is 29.0 Å². The molecule has 3 aromatic rings. The lowest BCUT2D eigenvalue weighted by atomic mass is 10.2. The zero-order chi connectivity index (χ0) is 21.0. The summed E-state index contributed by atoms with van der Waals surface area (Å²) in [5.74, 6) is 2.07. The second kappa shape index (κ2) is 9.19. The van der Waals surface area contributed by atoms with Crippen LogP contribution in [0.1, 0.15) is 11.1 Å². The summed E-state index contributed by atoms with van der Waals surface area (Å²) in [6.07, 6.45) is 0. The van der Waals surface area contributed by atoms with Gasteiger partial charge in [0.25, 0.3) is 5.56 Å². The minimum absolute atomic E-state index is 0.147. The van der Waals surface area contributed by atoms with Crippen molar-refractivity contribution >= 4 is 34.9 Å². The van der Waals surface area contributed by atoms with E-state index in [1.165, 1.54) is 16.3 Å². The molecule has 0 bridgehead atoms. The SMILES string of the molecule is COc1ccc(CSc2nnc(Nc3cccc(Cl)c3C)c(=O)n2C)cc1OC. The fourth-order valence-electron chi connectivity index (χ4n) is 2.64. The monoisotopic (exact) mass is 432 g/mol. The van der Waals surface area contributed by atoms with Crippen molar-refractivity contribution in [3.05, 3.63) is 62.9 Å². The molecule has 0 spiro atoms. The normalized spacial score (nSPS) is 10.7. The fourth-order valence-corrected chi connectivity index (χ4v) is 3.67. The van der Waals surface area contributed by atoms with Crippen LogP contribution in [0.3, 0.4) is 0 Å². The summed E-state index contributed by atoms with van der Waals surface area (Å²) in [6, 6.07) is 11.1. The Balaban J connectivity index is 1.78. The lowest BCUT2D eigenvalue weighted by molar-refractivity contribution is 0.354. The Morgan fingerprint density at radius 1 is 1.14 bits per heavy atom. The van der Waals surface area contributed by atoms with Crippen molar-refractivity contribution in [3.8, 4) is 11.5 Å². The molecule has 152 valence electrons. The molecule has 0 saturated carbocycles. The molecule has 0 atom stereocenters. The zero-order valence-corrected chi connectivity index (χ0v) is 18.1. The van der Waals surface area contributed by atoms with Crippen LogP contribution in [0.2, 0.25) is 5.02 Å². The standard InChI is InChI=1S/C20H21ClN4O3S/c1-12-14(21)6-5-7-15(12)22-18-19(26)25(2)20(24-23-18)29-11-13-8-9-16(27-3)17(10-13)28-4/h5-10H,11H2,1-4H3,(H,22,23). The molecule has 0 amide bonds. The molecular formula is C20H21ClN4O3S. The first kappa shape index (κ1) is 21.0. The molecule has 7 nitrogen and oxygen atoms in total. The molecule has 0 unspecified atom stereocenters. The third-order valence-electron chi connectivity index (χ3n) is 4.37. The Morgan fingerprint density at radius 2 is 1.90 bits per heavy atom. The van der Waals surface area contributed by atoms with Crippen molar-refractivity contribution in [2.45, 2.75) is 17.8 Å². The molecule has 1 N–H and O–H groups in total. The molecule has 0 saturated heterocycles. The number of halogens is 1. The predicted molar refractivity (Wildman–Crippen MR) is 116 cm³/mol. The first-order chi connectivity index (χ1) is 13.9. The van der Waals surface area contributed by atoms with Gasteiger partial charge in [0.15, 0.2) is 16.7 Å². The van der Waals surface area contributed by atoms with Crippen molar-refractivity contribution in [1.82, 2.24) is 14.8 Å². The number of ether oxygens (including phenoxy) is 2. The number of hydrogen-bond acceptors (Lipinski definition) is 7. The van der Waals surface area contributed by atoms with E-state index in [-0.39, 0.29) is 11.4 Å². The molecule has 0 fully saturated rings. The highest BCUT2D eigenvalue weighted by Gasteiger charge is 2.13. The summed E-state index contributed by atoms with van der Waals surface area (Å²) in [6.45, 7) is 1.87. The number of benzene rings is 2. The number of methoxy groups -OCH3 is 2. The largest absolute Gasteiger partial charge is 0.493 e. The summed E-state index contributed by atoms with van der Waals surface area (Å²) in [4.78, 5) is 12.7. The molecule has 2 aromatic carbocycles. The third kappa shape index (κ3) is 4.65. The van der Waals surface area contributed by atoms with Crippen molar-refractivity contribution in [2.24, 2.45) is 7.05 Å². The summed E-state index contributed by atoms with van der Waals surface area (Å²) in [5.41, 5.74) is 2.30. The summed E-state index contributed by atoms with van der Waals surface area (Å²) in [7, 11) is 4.86. The Hall–Kier alpha value is -2.71. The van der Waals surface area contributed by atoms with Crippen LogP contribution in [0.15, 0.2) is 46.3 Å². The smallest absolute Gasteiger partial charge is 0.297 e. The first-order valence-electron chi connectivity index (χ1n) is 8.74. The molecular weight excluding hydrogens is 412 g/mol. The molecule has 0 aliphatic heterocycles. The van der Waals surface area contributed by atoms with Crippen molar-refractivity contribution in [1.29, 1.82) is 0 Å². The molecule has 0 aliphatic carbocycles. The summed E-state index contributed by atoms with van der Waals surface area (Å²) in [5, 5.41) is 12.4. The van der Waals surface area contributed by atoms with Crippen LogP contribution in [0.25, 0.3) is 0 Å². The second-order valence-corrected chi connectivity index (χ2v) is 7.56. The van der Waals surface area contributed by atoms with E-state index in [2.05, 4.69) is 15.5 Å². The number of rotatable bonds is 7. The molecule has 9 heteroatoms. The molecule has 0 aliphatic rings. The summed E-state index contributed by atoms with van der Waals surface area (Å²) < 4.78 is 12.1. The molecule has 0 radical (unpaired) electrons. The van der Waals surface area contributed by atoms with Gasteiger partial charge in [-0.05, 0) is 42.3 Å². The van der Waals surface area contributed by atoms with E-state index in [1.54, 1.807) is 27.3 Å². The van der Waals surface area contributed by atoms with Gasteiger partial charge in [-0.3, -0.25) is 9.36 Å². The highest BCUT2D eigenvalue weighted by molar-refractivity contribution is 7.98. The van der Waals surface area contributed by atoms with Crippen molar-refractivity contribution in [3.63, 3.8) is 0 Å². The number of nitrogens with one attached hydrogen (secondary N) is 1. The van der Waals surface area contributed by atoms with Crippen molar-refractivity contribution in [2.75, 3.05) is 19.5 Å². The van der Waals surface area contributed by atoms with E-state index >= 15 is 0 Å². The van der Waals surface area contributed by atoms with Gasteiger partial charge in [-0.1, -0.05) is 35.5 Å². The predicted octanol–water partition coefficient (Wildman–Crippen LogP) is 4.19. The van der Waals surface area contributed by atoms with Gasteiger partial charge in [-0.15, -0.1) is 10.2 Å². The number of nitrogens with zero attached hydrogens (tertiary/aromatic N) is 3. The van der Waals surface area contributed by atoms with Gasteiger partial charge in [0.2, 0.25) is 5.82 Å². The highest BCUT2D eigenvalue weighted by Crippen LogP contribution is 2.30. The maximum Gasteiger partial charge on any atom is 0.297 e. The number of thioether (sulfide) groups is 1. The average Bonchev–Trinajstić information content (AvgIpc) is 2.73. The van der Waals surface area contributed by atoms with E-state index in [9.17, 15) is 4.79 Å². The van der Waals surface area contributed by atoms with E-state index < -0.39 is 0 Å². The highest BCUT2D eigenvalue weighted by atomic mass is 35.5. The number of anilines is 2. The topological polar surface area (TPSA) is 78.3 Å². The Labute approximate surface area is 178 Å². The van der Waals surface area contributed by atoms with Gasteiger partial charge in [0.05, 0.1) is 14.2 Å². The average molecular weight is 433 g/mol. The lowest BCUT2D eigenvalue weighted by Gasteiger charge is -2.12.